The van der Waals surface area contributed by atoms with E-state index in [1.54, 1.807) is 35.7 Å². The number of anilines is 2. The fourth-order valence-electron chi connectivity index (χ4n) is 3.96. The highest BCUT2D eigenvalue weighted by atomic mass is 16.5. The second-order valence-electron chi connectivity index (χ2n) is 7.76. The van der Waals surface area contributed by atoms with Gasteiger partial charge in [0.15, 0.2) is 0 Å². The van der Waals surface area contributed by atoms with E-state index in [0.717, 1.165) is 11.4 Å². The van der Waals surface area contributed by atoms with E-state index in [9.17, 15) is 14.4 Å². The molecule has 1 aliphatic heterocycles. The summed E-state index contributed by atoms with van der Waals surface area (Å²) in [6, 6.07) is 16.5. The van der Waals surface area contributed by atoms with Crippen molar-refractivity contribution in [1.82, 2.24) is 9.36 Å². The molecule has 1 N–H and O–H groups in total. The Morgan fingerprint density at radius 3 is 2.41 bits per heavy atom. The minimum Gasteiger partial charge on any atom is -0.494 e. The molecule has 1 aliphatic rings. The van der Waals surface area contributed by atoms with Crippen LogP contribution in [0.2, 0.25) is 0 Å². The molecular formula is C24H26N4O4. The maximum absolute atomic E-state index is 13.0. The van der Waals surface area contributed by atoms with Crippen LogP contribution >= 0.6 is 0 Å². The van der Waals surface area contributed by atoms with Gasteiger partial charge in [-0.25, -0.2) is 4.68 Å². The normalized spacial score (nSPS) is 15.8. The molecule has 4 rings (SSSR count). The van der Waals surface area contributed by atoms with Crippen molar-refractivity contribution >= 4 is 23.2 Å². The highest BCUT2D eigenvalue weighted by Crippen LogP contribution is 2.28. The number of ether oxygens (including phenoxy) is 1. The number of benzene rings is 2. The van der Waals surface area contributed by atoms with Crippen molar-refractivity contribution in [3.8, 4) is 11.4 Å². The van der Waals surface area contributed by atoms with Crippen LogP contribution < -0.4 is 20.5 Å². The third-order valence-electron chi connectivity index (χ3n) is 5.76. The van der Waals surface area contributed by atoms with E-state index in [-0.39, 0.29) is 36.0 Å². The molecule has 2 aromatic carbocycles. The molecule has 0 saturated carbocycles. The van der Waals surface area contributed by atoms with Crippen LogP contribution in [0.3, 0.4) is 0 Å². The molecule has 8 heteroatoms. The van der Waals surface area contributed by atoms with E-state index in [0.29, 0.717) is 18.0 Å². The number of aromatic nitrogens is 2. The molecule has 166 valence electrons. The Labute approximate surface area is 186 Å². The number of hydrogen-bond donors (Lipinski definition) is 1. The standard InChI is InChI=1S/C24H26N4O4/c1-4-32-20-12-10-18(11-13-20)27-15-17(14-21(27)29)23(30)25-22-16(2)26(3)28(24(22)31)19-8-6-5-7-9-19/h5-13,17H,4,14-15H2,1-3H3,(H,25,30)/t17-/m0/s1. The molecule has 0 radical (unpaired) electrons. The number of carbonyl (C=O) groups excluding carboxylic acids is 2. The van der Waals surface area contributed by atoms with E-state index in [1.807, 2.05) is 49.4 Å². The first-order chi connectivity index (χ1) is 15.4. The molecule has 2 heterocycles. The third-order valence-corrected chi connectivity index (χ3v) is 5.76. The average molecular weight is 434 g/mol. The number of nitrogens with zero attached hydrogens (tertiary/aromatic N) is 3. The van der Waals surface area contributed by atoms with Crippen molar-refractivity contribution < 1.29 is 14.3 Å². The van der Waals surface area contributed by atoms with Crippen molar-refractivity contribution in [1.29, 1.82) is 0 Å². The molecule has 0 unspecified atom stereocenters. The summed E-state index contributed by atoms with van der Waals surface area (Å²) in [5.41, 5.74) is 1.99. The lowest BCUT2D eigenvalue weighted by molar-refractivity contribution is -0.122. The number of para-hydroxylation sites is 1. The molecule has 0 bridgehead atoms. The maximum Gasteiger partial charge on any atom is 0.295 e. The van der Waals surface area contributed by atoms with Gasteiger partial charge in [0.05, 0.1) is 23.9 Å². The SMILES string of the molecule is CCOc1ccc(N2C[C@@H](C(=O)Nc3c(C)n(C)n(-c4ccccc4)c3=O)CC2=O)cc1. The average Bonchev–Trinajstić information content (AvgIpc) is 3.28. The van der Waals surface area contributed by atoms with Crippen LogP contribution in [0.5, 0.6) is 5.75 Å². The van der Waals surface area contributed by atoms with E-state index in [1.165, 1.54) is 4.68 Å². The Kier molecular flexibility index (Phi) is 5.85. The summed E-state index contributed by atoms with van der Waals surface area (Å²) in [5.74, 6) is -0.275. The largest absolute Gasteiger partial charge is 0.494 e. The zero-order chi connectivity index (χ0) is 22.8. The molecule has 1 fully saturated rings. The van der Waals surface area contributed by atoms with Crippen molar-refractivity contribution in [3.63, 3.8) is 0 Å². The predicted octanol–water partition coefficient (Wildman–Crippen LogP) is 2.87. The molecule has 0 aliphatic carbocycles. The van der Waals surface area contributed by atoms with Crippen LogP contribution in [0, 0.1) is 12.8 Å². The van der Waals surface area contributed by atoms with Crippen LogP contribution in [-0.4, -0.2) is 34.3 Å². The van der Waals surface area contributed by atoms with Gasteiger partial charge in [-0.1, -0.05) is 18.2 Å². The van der Waals surface area contributed by atoms with Crippen LogP contribution in [0.25, 0.3) is 5.69 Å². The molecule has 32 heavy (non-hydrogen) atoms. The first-order valence-electron chi connectivity index (χ1n) is 10.6. The Morgan fingerprint density at radius 1 is 1.06 bits per heavy atom. The maximum atomic E-state index is 13.0. The lowest BCUT2D eigenvalue weighted by Crippen LogP contribution is -2.29. The molecule has 2 amide bonds. The quantitative estimate of drug-likeness (QED) is 0.647. The summed E-state index contributed by atoms with van der Waals surface area (Å²) in [7, 11) is 1.77. The first kappa shape index (κ1) is 21.4. The van der Waals surface area contributed by atoms with Crippen LogP contribution in [0.1, 0.15) is 19.0 Å². The molecule has 1 aromatic heterocycles. The molecule has 0 spiro atoms. The lowest BCUT2D eigenvalue weighted by Gasteiger charge is -2.17. The van der Waals surface area contributed by atoms with Gasteiger partial charge in [0.2, 0.25) is 11.8 Å². The van der Waals surface area contributed by atoms with Gasteiger partial charge in [-0.3, -0.25) is 19.1 Å². The van der Waals surface area contributed by atoms with Crippen molar-refractivity contribution in [2.24, 2.45) is 13.0 Å². The van der Waals surface area contributed by atoms with Gasteiger partial charge in [0.1, 0.15) is 11.4 Å². The number of hydrogen-bond acceptors (Lipinski definition) is 4. The smallest absolute Gasteiger partial charge is 0.295 e. The van der Waals surface area contributed by atoms with Gasteiger partial charge in [0.25, 0.3) is 5.56 Å². The summed E-state index contributed by atoms with van der Waals surface area (Å²) >= 11 is 0. The number of nitrogens with one attached hydrogen (secondary N) is 1. The molecule has 3 aromatic rings. The number of carbonyl (C=O) groups is 2. The Bertz CT molecular complexity index is 1200. The highest BCUT2D eigenvalue weighted by Gasteiger charge is 2.36. The van der Waals surface area contributed by atoms with E-state index >= 15 is 0 Å². The minimum absolute atomic E-state index is 0.0950. The van der Waals surface area contributed by atoms with Gasteiger partial charge >= 0.3 is 0 Å². The van der Waals surface area contributed by atoms with Crippen LogP contribution in [-0.2, 0) is 16.6 Å². The summed E-state index contributed by atoms with van der Waals surface area (Å²) in [4.78, 5) is 40.2. The Balaban J connectivity index is 1.52. The predicted molar refractivity (Wildman–Crippen MR) is 122 cm³/mol. The molecule has 1 atom stereocenters. The fraction of sp³-hybridized carbons (Fsp3) is 0.292. The van der Waals surface area contributed by atoms with Gasteiger partial charge < -0.3 is 15.0 Å². The minimum atomic E-state index is -0.543. The first-order valence-corrected chi connectivity index (χ1v) is 10.6. The molecular weight excluding hydrogens is 408 g/mol. The van der Waals surface area contributed by atoms with Gasteiger partial charge in [-0.2, -0.15) is 0 Å². The monoisotopic (exact) mass is 434 g/mol. The second kappa shape index (κ2) is 8.74. The second-order valence-corrected chi connectivity index (χ2v) is 7.76. The topological polar surface area (TPSA) is 85.6 Å². The van der Waals surface area contributed by atoms with Crippen LogP contribution in [0.4, 0.5) is 11.4 Å². The van der Waals surface area contributed by atoms with Gasteiger partial charge in [-0.05, 0) is 50.2 Å². The summed E-state index contributed by atoms with van der Waals surface area (Å²) in [5, 5.41) is 2.78. The summed E-state index contributed by atoms with van der Waals surface area (Å²) in [6.07, 6.45) is 0.0950. The molecule has 8 nitrogen and oxygen atoms in total. The lowest BCUT2D eigenvalue weighted by atomic mass is 10.1. The van der Waals surface area contributed by atoms with Crippen LogP contribution in [0.15, 0.2) is 59.4 Å². The van der Waals surface area contributed by atoms with Gasteiger partial charge in [-0.15, -0.1) is 0 Å². The zero-order valence-corrected chi connectivity index (χ0v) is 18.4. The molecule has 1 saturated heterocycles. The van der Waals surface area contributed by atoms with Crippen molar-refractivity contribution in [2.45, 2.75) is 20.3 Å². The van der Waals surface area contributed by atoms with Crippen molar-refractivity contribution in [3.05, 3.63) is 70.6 Å². The third kappa shape index (κ3) is 3.91. The van der Waals surface area contributed by atoms with E-state index in [2.05, 4.69) is 5.32 Å². The van der Waals surface area contributed by atoms with E-state index in [4.69, 9.17) is 4.74 Å². The Morgan fingerprint density at radius 2 is 1.75 bits per heavy atom. The summed E-state index contributed by atoms with van der Waals surface area (Å²) in [6.45, 7) is 4.51. The number of rotatable bonds is 6. The highest BCUT2D eigenvalue weighted by molar-refractivity contribution is 6.03. The zero-order valence-electron chi connectivity index (χ0n) is 18.4. The van der Waals surface area contributed by atoms with Gasteiger partial charge in [0, 0.05) is 25.7 Å². The van der Waals surface area contributed by atoms with E-state index < -0.39 is 5.92 Å². The fourth-order valence-corrected chi connectivity index (χ4v) is 3.96. The summed E-state index contributed by atoms with van der Waals surface area (Å²) < 4.78 is 8.66. The Hall–Kier alpha value is -3.81. The number of amides is 2. The van der Waals surface area contributed by atoms with Crippen molar-refractivity contribution in [2.75, 3.05) is 23.4 Å².